The van der Waals surface area contributed by atoms with Gasteiger partial charge in [-0.3, -0.25) is 4.79 Å². The van der Waals surface area contributed by atoms with Crippen LogP contribution in [0, 0.1) is 0 Å². The van der Waals surface area contributed by atoms with Gasteiger partial charge in [-0.1, -0.05) is 6.42 Å². The summed E-state index contributed by atoms with van der Waals surface area (Å²) in [6.45, 7) is 0.604. The second-order valence-electron chi connectivity index (χ2n) is 2.28. The van der Waals surface area contributed by atoms with E-state index in [0.717, 1.165) is 12.8 Å². The summed E-state index contributed by atoms with van der Waals surface area (Å²) in [6.07, 6.45) is 2.16. The monoisotopic (exact) mass is 456 g/mol. The number of aliphatic carboxylic acids is 1. The zero-order chi connectivity index (χ0) is 10.7. The third-order valence-corrected chi connectivity index (χ3v) is 1.29. The molecule has 4 nitrogen and oxygen atoms in total. The molecule has 0 aliphatic rings. The van der Waals surface area contributed by atoms with Crippen molar-refractivity contribution < 1.29 is 18.4 Å². The maximum atomic E-state index is 10.1. The average molecular weight is 456 g/mol. The first-order valence-corrected chi connectivity index (χ1v) is 10.8. The van der Waals surface area contributed by atoms with E-state index in [4.69, 9.17) is 16.6 Å². The molecule has 82 valence electrons. The van der Waals surface area contributed by atoms with Gasteiger partial charge >= 0.3 is 55.1 Å². The molecule has 0 bridgehead atoms. The van der Waals surface area contributed by atoms with Crippen LogP contribution in [0.4, 0.5) is 0 Å². The van der Waals surface area contributed by atoms with Crippen molar-refractivity contribution in [3.63, 3.8) is 0 Å². The van der Waals surface area contributed by atoms with Gasteiger partial charge in [0.2, 0.25) is 0 Å². The predicted molar refractivity (Wildman–Crippen MR) is 66.6 cm³/mol. The van der Waals surface area contributed by atoms with Crippen LogP contribution >= 0.6 is 40.7 Å². The maximum absolute atomic E-state index is 10.1. The minimum absolute atomic E-state index is 0.520. The second-order valence-corrected chi connectivity index (χ2v) is 11.6. The summed E-state index contributed by atoms with van der Waals surface area (Å²) in [4.78, 5) is 10.1. The summed E-state index contributed by atoms with van der Waals surface area (Å²) in [5.41, 5.74) is 10.4. The van der Waals surface area contributed by atoms with E-state index in [0.29, 0.717) is 13.0 Å². The number of unbranched alkanes of at least 4 members (excludes halogenated alkanes) is 1. The molecule has 1 unspecified atom stereocenters. The van der Waals surface area contributed by atoms with Crippen LogP contribution in [0.15, 0.2) is 0 Å². The van der Waals surface area contributed by atoms with Crippen LogP contribution in [0.2, 0.25) is 0 Å². The zero-order valence-electron chi connectivity index (χ0n) is 7.03. The standard InChI is InChI=1S/C6H14N2O2.Fe.2HI/c7-4-2-1-3-5(8)6(9)10;;;/h5H,1-4,7-8H2,(H,9,10);;2*1H/q;+2;;/p-2. The molecule has 0 heterocycles. The number of hydrogen-bond acceptors (Lipinski definition) is 3. The SMILES string of the molecule is NCCCCC(N)C(=O)O.[I][Fe][I]. The number of nitrogens with two attached hydrogens (primary N) is 2. The van der Waals surface area contributed by atoms with E-state index in [1.807, 2.05) is 0 Å². The van der Waals surface area contributed by atoms with Gasteiger partial charge in [-0.15, -0.1) is 0 Å². The molecule has 0 saturated carbocycles. The van der Waals surface area contributed by atoms with Crippen molar-refractivity contribution in [2.75, 3.05) is 6.54 Å². The first-order valence-electron chi connectivity index (χ1n) is 3.63. The first-order chi connectivity index (χ1) is 6.09. The molecule has 0 aromatic heterocycles. The molecule has 13 heavy (non-hydrogen) atoms. The van der Waals surface area contributed by atoms with E-state index in [9.17, 15) is 4.79 Å². The van der Waals surface area contributed by atoms with Crippen LogP contribution in [-0.4, -0.2) is 23.7 Å². The third kappa shape index (κ3) is 16.1. The molecule has 0 aliphatic heterocycles. The van der Waals surface area contributed by atoms with Gasteiger partial charge < -0.3 is 16.6 Å². The van der Waals surface area contributed by atoms with Gasteiger partial charge in [0.05, 0.1) is 0 Å². The van der Waals surface area contributed by atoms with Crippen molar-refractivity contribution in [3.05, 3.63) is 0 Å². The average Bonchev–Trinajstić information content (AvgIpc) is 2.06. The van der Waals surface area contributed by atoms with Gasteiger partial charge in [-0.05, 0) is 19.4 Å². The molecule has 5 N–H and O–H groups in total. The Hall–Kier alpha value is 1.37. The van der Waals surface area contributed by atoms with Crippen LogP contribution in [0.25, 0.3) is 0 Å². The minimum atomic E-state index is -0.933. The number of rotatable bonds is 5. The molecule has 1 atom stereocenters. The van der Waals surface area contributed by atoms with Crippen LogP contribution in [0.5, 0.6) is 0 Å². The van der Waals surface area contributed by atoms with Crippen molar-refractivity contribution in [2.45, 2.75) is 25.3 Å². The van der Waals surface area contributed by atoms with E-state index < -0.39 is 12.0 Å². The van der Waals surface area contributed by atoms with Gasteiger partial charge in [0, 0.05) is 0 Å². The summed E-state index contributed by atoms with van der Waals surface area (Å²) < 4.78 is 0. The van der Waals surface area contributed by atoms with Crippen molar-refractivity contribution >= 4 is 46.7 Å². The molecule has 7 heteroatoms. The Morgan fingerprint density at radius 1 is 1.46 bits per heavy atom. The summed E-state index contributed by atoms with van der Waals surface area (Å²) in [5.74, 6) is -0.933. The van der Waals surface area contributed by atoms with Gasteiger partial charge in [0.25, 0.3) is 0 Å². The number of halogens is 2. The van der Waals surface area contributed by atoms with Gasteiger partial charge in [-0.2, -0.15) is 0 Å². The Bertz CT molecular complexity index is 129. The summed E-state index contributed by atoms with van der Waals surface area (Å²) in [6, 6.07) is -0.716. The predicted octanol–water partition coefficient (Wildman–Crippen LogP) is 1.30. The van der Waals surface area contributed by atoms with Crippen molar-refractivity contribution in [1.82, 2.24) is 0 Å². The van der Waals surface area contributed by atoms with E-state index in [-0.39, 0.29) is 0 Å². The molecule has 0 saturated heterocycles. The Morgan fingerprint density at radius 2 is 1.92 bits per heavy atom. The van der Waals surface area contributed by atoms with Crippen LogP contribution in [0.1, 0.15) is 19.3 Å². The number of carboxylic acids is 1. The Balaban J connectivity index is 0. The fourth-order valence-corrected chi connectivity index (χ4v) is 0.632. The van der Waals surface area contributed by atoms with E-state index >= 15 is 0 Å². The van der Waals surface area contributed by atoms with Crippen molar-refractivity contribution in [1.29, 1.82) is 0 Å². The van der Waals surface area contributed by atoms with Crippen molar-refractivity contribution in [2.24, 2.45) is 11.5 Å². The molecule has 0 aromatic rings. The zero-order valence-corrected chi connectivity index (χ0v) is 12.4. The number of carboxylic acid groups (broad SMARTS) is 1. The molecule has 0 spiro atoms. The summed E-state index contributed by atoms with van der Waals surface area (Å²) in [7, 11) is 1.19. The third-order valence-electron chi connectivity index (χ3n) is 1.29. The van der Waals surface area contributed by atoms with Crippen LogP contribution < -0.4 is 11.5 Å². The van der Waals surface area contributed by atoms with Gasteiger partial charge in [0.1, 0.15) is 6.04 Å². The summed E-state index contributed by atoms with van der Waals surface area (Å²) in [5, 5.41) is 8.33. The molecule has 0 radical (unpaired) electrons. The fraction of sp³-hybridized carbons (Fsp3) is 0.833. The number of hydrogen-bond donors (Lipinski definition) is 3. The number of carbonyl (C=O) groups is 1. The molecule has 0 fully saturated rings. The molecular formula is C6H14FeI2N2O2. The molecule has 0 rings (SSSR count). The fourth-order valence-electron chi connectivity index (χ4n) is 0.632. The van der Waals surface area contributed by atoms with E-state index in [1.165, 1.54) is 8.46 Å². The molecule has 0 aromatic carbocycles. The topological polar surface area (TPSA) is 89.3 Å². The van der Waals surface area contributed by atoms with Gasteiger partial charge in [-0.25, -0.2) is 0 Å². The first kappa shape index (κ1) is 16.8. The van der Waals surface area contributed by atoms with Crippen LogP contribution in [-0.2, 0) is 13.3 Å². The Kier molecular flexibility index (Phi) is 17.3. The van der Waals surface area contributed by atoms with E-state index in [1.54, 1.807) is 0 Å². The Morgan fingerprint density at radius 3 is 2.23 bits per heavy atom. The quantitative estimate of drug-likeness (QED) is 0.331. The second kappa shape index (κ2) is 13.4. The molecule has 0 aliphatic carbocycles. The van der Waals surface area contributed by atoms with Crippen LogP contribution in [0.3, 0.4) is 0 Å². The van der Waals surface area contributed by atoms with Crippen molar-refractivity contribution in [3.8, 4) is 0 Å². The molecule has 0 amide bonds. The molecular weight excluding hydrogens is 442 g/mol. The van der Waals surface area contributed by atoms with E-state index in [2.05, 4.69) is 40.7 Å². The summed E-state index contributed by atoms with van der Waals surface area (Å²) >= 11 is 4.55. The Labute approximate surface area is 107 Å². The van der Waals surface area contributed by atoms with Gasteiger partial charge in [0.15, 0.2) is 0 Å². The normalized spacial score (nSPS) is 11.7.